The van der Waals surface area contributed by atoms with Crippen LogP contribution in [0.5, 0.6) is 5.75 Å². The number of fused-ring (bicyclic) bond motifs is 4. The maximum atomic E-state index is 8.89. The molecule has 0 fully saturated rings. The van der Waals surface area contributed by atoms with Crippen LogP contribution in [0.1, 0.15) is 0 Å². The molecule has 1 heterocycles. The van der Waals surface area contributed by atoms with Gasteiger partial charge < -0.3 is 19.1 Å². The van der Waals surface area contributed by atoms with Crippen molar-refractivity contribution in [2.45, 2.75) is 0 Å². The highest BCUT2D eigenvalue weighted by atomic mass is 16.6. The zero-order chi connectivity index (χ0) is 14.4. The summed E-state index contributed by atoms with van der Waals surface area (Å²) in [6, 6.07) is 17.3. The van der Waals surface area contributed by atoms with Crippen LogP contribution < -0.4 is 4.65 Å². The van der Waals surface area contributed by atoms with Gasteiger partial charge in [-0.1, -0.05) is 24.3 Å². The van der Waals surface area contributed by atoms with Crippen LogP contribution >= 0.6 is 0 Å². The Labute approximate surface area is 120 Å². The van der Waals surface area contributed by atoms with Crippen LogP contribution in [0.3, 0.4) is 0 Å². The standard InChI is InChI=1S/C16H11BO4/c18-17(19)21-12-5-6-15-14(9-12)13-7-10-3-1-2-4-11(10)8-16(13)20-15/h1-9,18-19H. The van der Waals surface area contributed by atoms with Gasteiger partial charge in [0.2, 0.25) is 0 Å². The molecule has 0 radical (unpaired) electrons. The van der Waals surface area contributed by atoms with Gasteiger partial charge in [0, 0.05) is 10.8 Å². The maximum Gasteiger partial charge on any atom is 0.707 e. The SMILES string of the molecule is OB(O)Oc1ccc2oc3cc4ccccc4cc3c2c1. The van der Waals surface area contributed by atoms with Crippen molar-refractivity contribution in [1.29, 1.82) is 0 Å². The fraction of sp³-hybridized carbons (Fsp3) is 0. The van der Waals surface area contributed by atoms with Gasteiger partial charge >= 0.3 is 7.32 Å². The third-order valence-corrected chi connectivity index (χ3v) is 3.55. The van der Waals surface area contributed by atoms with Crippen molar-refractivity contribution in [1.82, 2.24) is 0 Å². The minimum absolute atomic E-state index is 0.383. The van der Waals surface area contributed by atoms with E-state index in [1.807, 2.05) is 30.3 Å². The van der Waals surface area contributed by atoms with E-state index in [0.29, 0.717) is 5.75 Å². The maximum absolute atomic E-state index is 8.89. The Balaban J connectivity index is 2.01. The van der Waals surface area contributed by atoms with Gasteiger partial charge in [-0.25, -0.2) is 0 Å². The largest absolute Gasteiger partial charge is 0.707 e. The topological polar surface area (TPSA) is 62.8 Å². The average Bonchev–Trinajstić information content (AvgIpc) is 2.81. The van der Waals surface area contributed by atoms with Crippen molar-refractivity contribution in [3.63, 3.8) is 0 Å². The molecule has 0 aliphatic rings. The monoisotopic (exact) mass is 278 g/mol. The van der Waals surface area contributed by atoms with Gasteiger partial charge in [0.1, 0.15) is 16.9 Å². The van der Waals surface area contributed by atoms with E-state index in [9.17, 15) is 0 Å². The van der Waals surface area contributed by atoms with E-state index in [1.165, 1.54) is 0 Å². The van der Waals surface area contributed by atoms with E-state index in [0.717, 1.165) is 32.7 Å². The minimum Gasteiger partial charge on any atom is -0.512 e. The summed E-state index contributed by atoms with van der Waals surface area (Å²) in [6.07, 6.45) is 0. The molecule has 5 heteroatoms. The molecule has 0 aliphatic heterocycles. The molecule has 0 bridgehead atoms. The fourth-order valence-electron chi connectivity index (χ4n) is 2.64. The van der Waals surface area contributed by atoms with Crippen LogP contribution in [0.4, 0.5) is 0 Å². The second-order valence-corrected chi connectivity index (χ2v) is 4.90. The molecule has 4 aromatic rings. The van der Waals surface area contributed by atoms with Gasteiger partial charge in [-0.3, -0.25) is 0 Å². The number of furan rings is 1. The Morgan fingerprint density at radius 2 is 1.52 bits per heavy atom. The van der Waals surface area contributed by atoms with Crippen LogP contribution in [-0.2, 0) is 0 Å². The summed E-state index contributed by atoms with van der Waals surface area (Å²) in [4.78, 5) is 0. The van der Waals surface area contributed by atoms with E-state index in [4.69, 9.17) is 19.1 Å². The van der Waals surface area contributed by atoms with E-state index in [-0.39, 0.29) is 0 Å². The Kier molecular flexibility index (Phi) is 2.64. The number of hydrogen-bond donors (Lipinski definition) is 2. The highest BCUT2D eigenvalue weighted by Gasteiger charge is 2.14. The van der Waals surface area contributed by atoms with Crippen molar-refractivity contribution in [2.24, 2.45) is 0 Å². The van der Waals surface area contributed by atoms with E-state index in [2.05, 4.69) is 6.07 Å². The molecule has 102 valence electrons. The van der Waals surface area contributed by atoms with Crippen LogP contribution in [-0.4, -0.2) is 17.4 Å². The normalized spacial score (nSPS) is 11.3. The van der Waals surface area contributed by atoms with Gasteiger partial charge in [-0.15, -0.1) is 0 Å². The van der Waals surface area contributed by atoms with Crippen LogP contribution in [0.15, 0.2) is 59.0 Å². The molecule has 0 saturated heterocycles. The fourth-order valence-corrected chi connectivity index (χ4v) is 2.64. The van der Waals surface area contributed by atoms with Gasteiger partial charge in [0.25, 0.3) is 0 Å². The third-order valence-electron chi connectivity index (χ3n) is 3.55. The molecule has 0 saturated carbocycles. The summed E-state index contributed by atoms with van der Waals surface area (Å²) < 4.78 is 10.7. The Morgan fingerprint density at radius 3 is 2.29 bits per heavy atom. The van der Waals surface area contributed by atoms with Crippen LogP contribution in [0.2, 0.25) is 0 Å². The molecule has 4 rings (SSSR count). The molecule has 0 unspecified atom stereocenters. The molecule has 3 aromatic carbocycles. The first-order valence-corrected chi connectivity index (χ1v) is 6.58. The first-order valence-electron chi connectivity index (χ1n) is 6.58. The second kappa shape index (κ2) is 4.51. The highest BCUT2D eigenvalue weighted by Crippen LogP contribution is 2.34. The van der Waals surface area contributed by atoms with Gasteiger partial charge in [0.05, 0.1) is 0 Å². The smallest absolute Gasteiger partial charge is 0.512 e. The zero-order valence-corrected chi connectivity index (χ0v) is 11.0. The first kappa shape index (κ1) is 12.3. The molecule has 2 N–H and O–H groups in total. The summed E-state index contributed by atoms with van der Waals surface area (Å²) in [5, 5.41) is 21.9. The third kappa shape index (κ3) is 2.03. The molecular weight excluding hydrogens is 267 g/mol. The lowest BCUT2D eigenvalue weighted by atomic mass is 10.1. The molecule has 0 atom stereocenters. The molecule has 4 nitrogen and oxygen atoms in total. The number of rotatable bonds is 2. The lowest BCUT2D eigenvalue weighted by Gasteiger charge is -2.03. The summed E-state index contributed by atoms with van der Waals surface area (Å²) in [6.45, 7) is 0. The predicted octanol–water partition coefficient (Wildman–Crippen LogP) is 3.09. The minimum atomic E-state index is -1.83. The summed E-state index contributed by atoms with van der Waals surface area (Å²) in [5.41, 5.74) is 1.53. The van der Waals surface area contributed by atoms with Crippen LogP contribution in [0.25, 0.3) is 32.7 Å². The molecule has 0 amide bonds. The first-order chi connectivity index (χ1) is 10.2. The summed E-state index contributed by atoms with van der Waals surface area (Å²) in [7, 11) is -1.83. The van der Waals surface area contributed by atoms with Gasteiger partial charge in [-0.2, -0.15) is 0 Å². The Bertz CT molecular complexity index is 958. The summed E-state index contributed by atoms with van der Waals surface area (Å²) in [5.74, 6) is 0.383. The lowest BCUT2D eigenvalue weighted by Crippen LogP contribution is -2.20. The average molecular weight is 278 g/mol. The van der Waals surface area contributed by atoms with Crippen molar-refractivity contribution in [3.8, 4) is 5.75 Å². The predicted molar refractivity (Wildman–Crippen MR) is 82.0 cm³/mol. The van der Waals surface area contributed by atoms with E-state index < -0.39 is 7.32 Å². The molecule has 1 aromatic heterocycles. The van der Waals surface area contributed by atoms with Crippen molar-refractivity contribution < 1.29 is 19.1 Å². The van der Waals surface area contributed by atoms with E-state index in [1.54, 1.807) is 18.2 Å². The number of benzene rings is 3. The second-order valence-electron chi connectivity index (χ2n) is 4.90. The van der Waals surface area contributed by atoms with Gasteiger partial charge in [0.15, 0.2) is 0 Å². The quantitative estimate of drug-likeness (QED) is 0.553. The summed E-state index contributed by atoms with van der Waals surface area (Å²) >= 11 is 0. The van der Waals surface area contributed by atoms with E-state index >= 15 is 0 Å². The van der Waals surface area contributed by atoms with Gasteiger partial charge in [-0.05, 0) is 41.1 Å². The van der Waals surface area contributed by atoms with Crippen molar-refractivity contribution >= 4 is 40.0 Å². The molecule has 0 aliphatic carbocycles. The highest BCUT2D eigenvalue weighted by molar-refractivity contribution is 6.33. The molecule has 21 heavy (non-hydrogen) atoms. The van der Waals surface area contributed by atoms with Crippen LogP contribution in [0, 0.1) is 0 Å². The Morgan fingerprint density at radius 1 is 0.810 bits per heavy atom. The Hall–Kier alpha value is -2.50. The molecular formula is C16H11BO4. The zero-order valence-electron chi connectivity index (χ0n) is 11.0. The lowest BCUT2D eigenvalue weighted by molar-refractivity contribution is 0.288. The molecule has 0 spiro atoms. The van der Waals surface area contributed by atoms with Crippen molar-refractivity contribution in [2.75, 3.05) is 0 Å². The van der Waals surface area contributed by atoms with Crippen molar-refractivity contribution in [3.05, 3.63) is 54.6 Å². The number of hydrogen-bond acceptors (Lipinski definition) is 4.